The highest BCUT2D eigenvalue weighted by Gasteiger charge is 2.03. The molecule has 2 N–H and O–H groups in total. The van der Waals surface area contributed by atoms with Crippen molar-refractivity contribution in [3.05, 3.63) is 70.8 Å². The molecular weight excluding hydrogens is 300 g/mol. The molecule has 0 fully saturated rings. The van der Waals surface area contributed by atoms with Crippen molar-refractivity contribution in [2.24, 2.45) is 0 Å². The van der Waals surface area contributed by atoms with Crippen molar-refractivity contribution in [3.63, 3.8) is 0 Å². The predicted molar refractivity (Wildman–Crippen MR) is 97.8 cm³/mol. The summed E-state index contributed by atoms with van der Waals surface area (Å²) in [6, 6.07) is 14.9. The van der Waals surface area contributed by atoms with Crippen LogP contribution in [-0.2, 0) is 0 Å². The summed E-state index contributed by atoms with van der Waals surface area (Å²) in [6.45, 7) is 5.03. The Hall–Kier alpha value is -2.88. The summed E-state index contributed by atoms with van der Waals surface area (Å²) in [6.07, 6.45) is 3.95. The maximum absolute atomic E-state index is 11.7. The standard InChI is InChI=1S/C20H22N2O2/c1-3-21-19(23)17-11-7-15(8-12-17)5-6-16-9-13-18(14-10-16)20(24)22-4-2/h5-14H,3-4H2,1-2H3,(H,21,23)(H,22,24)/b6-5+. The van der Waals surface area contributed by atoms with Gasteiger partial charge in [-0.25, -0.2) is 0 Å². The molecule has 0 bridgehead atoms. The van der Waals surface area contributed by atoms with Crippen LogP contribution in [0.1, 0.15) is 45.7 Å². The van der Waals surface area contributed by atoms with E-state index in [1.807, 2.05) is 74.5 Å². The van der Waals surface area contributed by atoms with E-state index in [-0.39, 0.29) is 11.8 Å². The van der Waals surface area contributed by atoms with Gasteiger partial charge in [-0.2, -0.15) is 0 Å². The van der Waals surface area contributed by atoms with E-state index in [0.29, 0.717) is 24.2 Å². The first-order valence-corrected chi connectivity index (χ1v) is 8.08. The number of hydrogen-bond acceptors (Lipinski definition) is 2. The molecule has 0 spiro atoms. The molecule has 0 aliphatic carbocycles. The van der Waals surface area contributed by atoms with Crippen molar-refractivity contribution in [2.75, 3.05) is 13.1 Å². The van der Waals surface area contributed by atoms with Crippen molar-refractivity contribution in [1.82, 2.24) is 10.6 Å². The normalized spacial score (nSPS) is 10.6. The van der Waals surface area contributed by atoms with Gasteiger partial charge in [-0.15, -0.1) is 0 Å². The Bertz CT molecular complexity index is 653. The van der Waals surface area contributed by atoms with E-state index < -0.39 is 0 Å². The molecule has 2 aromatic rings. The minimum absolute atomic E-state index is 0.0611. The van der Waals surface area contributed by atoms with Crippen LogP contribution in [0, 0.1) is 0 Å². The largest absolute Gasteiger partial charge is 0.352 e. The third-order valence-electron chi connectivity index (χ3n) is 3.49. The zero-order valence-electron chi connectivity index (χ0n) is 14.0. The number of nitrogens with one attached hydrogen (secondary N) is 2. The van der Waals surface area contributed by atoms with Gasteiger partial charge >= 0.3 is 0 Å². The molecular formula is C20H22N2O2. The quantitative estimate of drug-likeness (QED) is 0.801. The second-order valence-electron chi connectivity index (χ2n) is 5.30. The smallest absolute Gasteiger partial charge is 0.251 e. The Morgan fingerprint density at radius 3 is 1.33 bits per heavy atom. The van der Waals surface area contributed by atoms with Gasteiger partial charge in [0.25, 0.3) is 11.8 Å². The molecule has 0 heterocycles. The first-order chi connectivity index (χ1) is 11.6. The van der Waals surface area contributed by atoms with Gasteiger partial charge in [0.1, 0.15) is 0 Å². The Morgan fingerprint density at radius 2 is 1.04 bits per heavy atom. The molecule has 0 unspecified atom stereocenters. The van der Waals surface area contributed by atoms with Gasteiger partial charge in [0.15, 0.2) is 0 Å². The second kappa shape index (κ2) is 8.67. The van der Waals surface area contributed by atoms with Crippen molar-refractivity contribution in [3.8, 4) is 0 Å². The number of amides is 2. The van der Waals surface area contributed by atoms with Gasteiger partial charge in [-0.1, -0.05) is 36.4 Å². The Morgan fingerprint density at radius 1 is 0.708 bits per heavy atom. The molecule has 0 radical (unpaired) electrons. The SMILES string of the molecule is CCNC(=O)c1ccc(/C=C/c2ccc(C(=O)NCC)cc2)cc1. The number of hydrogen-bond donors (Lipinski definition) is 2. The van der Waals surface area contributed by atoms with Crippen molar-refractivity contribution < 1.29 is 9.59 Å². The van der Waals surface area contributed by atoms with Gasteiger partial charge in [0.2, 0.25) is 0 Å². The summed E-state index contributed by atoms with van der Waals surface area (Å²) >= 11 is 0. The maximum Gasteiger partial charge on any atom is 0.251 e. The summed E-state index contributed by atoms with van der Waals surface area (Å²) in [5, 5.41) is 5.55. The highest BCUT2D eigenvalue weighted by Crippen LogP contribution is 2.11. The molecule has 0 atom stereocenters. The highest BCUT2D eigenvalue weighted by atomic mass is 16.2. The lowest BCUT2D eigenvalue weighted by molar-refractivity contribution is 0.0947. The minimum Gasteiger partial charge on any atom is -0.352 e. The molecule has 124 valence electrons. The van der Waals surface area contributed by atoms with E-state index in [9.17, 15) is 9.59 Å². The van der Waals surface area contributed by atoms with Crippen LogP contribution in [0.2, 0.25) is 0 Å². The van der Waals surface area contributed by atoms with Gasteiger partial charge in [-0.05, 0) is 49.2 Å². The van der Waals surface area contributed by atoms with Gasteiger partial charge in [0.05, 0.1) is 0 Å². The molecule has 0 saturated heterocycles. The van der Waals surface area contributed by atoms with Crippen molar-refractivity contribution in [1.29, 1.82) is 0 Å². The van der Waals surface area contributed by atoms with Crippen LogP contribution in [0.5, 0.6) is 0 Å². The summed E-state index contributed by atoms with van der Waals surface area (Å²) in [4.78, 5) is 23.4. The zero-order chi connectivity index (χ0) is 17.4. The number of carbonyl (C=O) groups excluding carboxylic acids is 2. The summed E-state index contributed by atoms with van der Waals surface area (Å²) in [7, 11) is 0. The van der Waals surface area contributed by atoms with Crippen molar-refractivity contribution >= 4 is 24.0 Å². The molecule has 2 aromatic carbocycles. The highest BCUT2D eigenvalue weighted by molar-refractivity contribution is 5.95. The minimum atomic E-state index is -0.0611. The van der Waals surface area contributed by atoms with E-state index in [2.05, 4.69) is 10.6 Å². The van der Waals surface area contributed by atoms with Crippen LogP contribution in [0.4, 0.5) is 0 Å². The lowest BCUT2D eigenvalue weighted by Crippen LogP contribution is -2.22. The molecule has 4 nitrogen and oxygen atoms in total. The molecule has 4 heteroatoms. The van der Waals surface area contributed by atoms with Crippen LogP contribution in [-0.4, -0.2) is 24.9 Å². The van der Waals surface area contributed by atoms with Crippen LogP contribution in [0.25, 0.3) is 12.2 Å². The second-order valence-corrected chi connectivity index (χ2v) is 5.30. The lowest BCUT2D eigenvalue weighted by Gasteiger charge is -2.03. The Labute approximate surface area is 142 Å². The molecule has 0 aliphatic heterocycles. The summed E-state index contributed by atoms with van der Waals surface area (Å²) in [5.74, 6) is -0.122. The third kappa shape index (κ3) is 4.81. The van der Waals surface area contributed by atoms with Crippen LogP contribution >= 0.6 is 0 Å². The van der Waals surface area contributed by atoms with Crippen LogP contribution in [0.15, 0.2) is 48.5 Å². The van der Waals surface area contributed by atoms with E-state index in [1.165, 1.54) is 0 Å². The fourth-order valence-corrected chi connectivity index (χ4v) is 2.21. The van der Waals surface area contributed by atoms with E-state index in [4.69, 9.17) is 0 Å². The Balaban J connectivity index is 2.02. The van der Waals surface area contributed by atoms with Gasteiger partial charge in [0, 0.05) is 24.2 Å². The third-order valence-corrected chi connectivity index (χ3v) is 3.49. The fourth-order valence-electron chi connectivity index (χ4n) is 2.21. The topological polar surface area (TPSA) is 58.2 Å². The van der Waals surface area contributed by atoms with Crippen LogP contribution in [0.3, 0.4) is 0 Å². The average molecular weight is 322 g/mol. The van der Waals surface area contributed by atoms with Gasteiger partial charge in [-0.3, -0.25) is 9.59 Å². The first-order valence-electron chi connectivity index (χ1n) is 8.08. The maximum atomic E-state index is 11.7. The molecule has 2 amide bonds. The molecule has 2 rings (SSSR count). The zero-order valence-corrected chi connectivity index (χ0v) is 14.0. The summed E-state index contributed by atoms with van der Waals surface area (Å²) < 4.78 is 0. The predicted octanol–water partition coefficient (Wildman–Crippen LogP) is 3.36. The van der Waals surface area contributed by atoms with E-state index >= 15 is 0 Å². The molecule has 24 heavy (non-hydrogen) atoms. The van der Waals surface area contributed by atoms with Crippen LogP contribution < -0.4 is 10.6 Å². The number of carbonyl (C=O) groups is 2. The van der Waals surface area contributed by atoms with E-state index in [0.717, 1.165) is 11.1 Å². The molecule has 0 aromatic heterocycles. The number of rotatable bonds is 6. The number of benzene rings is 2. The van der Waals surface area contributed by atoms with Gasteiger partial charge < -0.3 is 10.6 Å². The van der Waals surface area contributed by atoms with E-state index in [1.54, 1.807) is 0 Å². The van der Waals surface area contributed by atoms with Crippen molar-refractivity contribution in [2.45, 2.75) is 13.8 Å². The molecule has 0 aliphatic rings. The molecule has 0 saturated carbocycles. The average Bonchev–Trinajstić information content (AvgIpc) is 2.61. The summed E-state index contributed by atoms with van der Waals surface area (Å²) in [5.41, 5.74) is 3.33. The Kier molecular flexibility index (Phi) is 6.32. The fraction of sp³-hybridized carbons (Fsp3) is 0.200. The monoisotopic (exact) mass is 322 g/mol. The first kappa shape index (κ1) is 17.5. The lowest BCUT2D eigenvalue weighted by atomic mass is 10.1.